The van der Waals surface area contributed by atoms with Gasteiger partial charge in [-0.25, -0.2) is 0 Å². The van der Waals surface area contributed by atoms with Crippen LogP contribution in [0.1, 0.15) is 50.1 Å². The number of aryl methyl sites for hydroxylation is 2. The topological polar surface area (TPSA) is 80.5 Å². The molecule has 35 heavy (non-hydrogen) atoms. The maximum atomic E-state index is 12.8. The zero-order valence-electron chi connectivity index (χ0n) is 21.0. The Morgan fingerprint density at radius 1 is 1.23 bits per heavy atom. The van der Waals surface area contributed by atoms with Crippen LogP contribution in [0.2, 0.25) is 0 Å². The highest BCUT2D eigenvalue weighted by Gasteiger charge is 2.26. The molecule has 0 bridgehead atoms. The number of piperidine rings is 1. The van der Waals surface area contributed by atoms with E-state index in [1.807, 2.05) is 57.2 Å². The Morgan fingerprint density at radius 3 is 2.91 bits per heavy atom. The summed E-state index contributed by atoms with van der Waals surface area (Å²) in [4.78, 5) is 19.6. The number of benzene rings is 2. The Morgan fingerprint density at radius 2 is 2.09 bits per heavy atom. The van der Waals surface area contributed by atoms with Crippen LogP contribution in [-0.4, -0.2) is 46.7 Å². The van der Waals surface area contributed by atoms with E-state index in [9.17, 15) is 4.79 Å². The minimum Gasteiger partial charge on any atom is -0.491 e. The molecule has 0 aliphatic carbocycles. The number of carbonyl (C=O) groups is 1. The molecule has 186 valence electrons. The Hall–Kier alpha value is -3.19. The molecule has 0 radical (unpaired) electrons. The van der Waals surface area contributed by atoms with Crippen molar-refractivity contribution in [2.45, 2.75) is 59.1 Å². The van der Waals surface area contributed by atoms with Gasteiger partial charge in [-0.1, -0.05) is 41.1 Å². The van der Waals surface area contributed by atoms with E-state index in [-0.39, 0.29) is 17.9 Å². The standard InChI is InChI=1S/C28H36N4O3/c1-20(2)34-25-13-5-9-22(17-25)10-6-14-29-28(33)24-12-7-15-32(18-24)19-26-30-27(31-35-26)23-11-4-8-21(3)16-23/h4-5,8-9,11,13,16-17,20,24H,6-7,10,12,14-15,18-19H2,1-3H3,(H,29,33). The van der Waals surface area contributed by atoms with Gasteiger partial charge in [-0.15, -0.1) is 0 Å². The Balaban J connectivity index is 1.21. The van der Waals surface area contributed by atoms with E-state index in [1.165, 1.54) is 5.56 Å². The van der Waals surface area contributed by atoms with Gasteiger partial charge in [-0.2, -0.15) is 4.98 Å². The number of hydrogen-bond acceptors (Lipinski definition) is 6. The second-order valence-corrected chi connectivity index (χ2v) is 9.66. The zero-order valence-corrected chi connectivity index (χ0v) is 21.0. The minimum absolute atomic E-state index is 0.00863. The van der Waals surface area contributed by atoms with Crippen molar-refractivity contribution < 1.29 is 14.1 Å². The largest absolute Gasteiger partial charge is 0.491 e. The predicted octanol–water partition coefficient (Wildman–Crippen LogP) is 4.79. The van der Waals surface area contributed by atoms with E-state index in [0.717, 1.165) is 49.1 Å². The Bertz CT molecular complexity index is 1110. The summed E-state index contributed by atoms with van der Waals surface area (Å²) in [5, 5.41) is 7.28. The van der Waals surface area contributed by atoms with Gasteiger partial charge in [0.1, 0.15) is 5.75 Å². The second kappa shape index (κ2) is 12.0. The molecule has 1 aromatic heterocycles. The summed E-state index contributed by atoms with van der Waals surface area (Å²) in [7, 11) is 0. The molecule has 1 atom stereocenters. The lowest BCUT2D eigenvalue weighted by atomic mass is 9.97. The number of likely N-dealkylation sites (tertiary alicyclic amines) is 1. The highest BCUT2D eigenvalue weighted by Crippen LogP contribution is 2.21. The number of hydrogen-bond donors (Lipinski definition) is 1. The highest BCUT2D eigenvalue weighted by atomic mass is 16.5. The van der Waals surface area contributed by atoms with Crippen LogP contribution in [0.5, 0.6) is 5.75 Å². The molecule has 1 unspecified atom stereocenters. The number of carbonyl (C=O) groups excluding carboxylic acids is 1. The highest BCUT2D eigenvalue weighted by molar-refractivity contribution is 5.78. The third kappa shape index (κ3) is 7.39. The lowest BCUT2D eigenvalue weighted by molar-refractivity contribution is -0.126. The maximum Gasteiger partial charge on any atom is 0.241 e. The first kappa shape index (κ1) is 24.9. The Labute approximate surface area is 207 Å². The Kier molecular flexibility index (Phi) is 8.53. The summed E-state index contributed by atoms with van der Waals surface area (Å²) >= 11 is 0. The number of rotatable bonds is 10. The maximum absolute atomic E-state index is 12.8. The lowest BCUT2D eigenvalue weighted by Gasteiger charge is -2.30. The molecule has 1 amide bonds. The van der Waals surface area contributed by atoms with Gasteiger partial charge in [0.2, 0.25) is 17.6 Å². The van der Waals surface area contributed by atoms with Crippen LogP contribution in [0.3, 0.4) is 0 Å². The van der Waals surface area contributed by atoms with Gasteiger partial charge in [0, 0.05) is 18.7 Å². The van der Waals surface area contributed by atoms with Gasteiger partial charge in [0.15, 0.2) is 0 Å². The number of ether oxygens (including phenoxy) is 1. The molecule has 0 spiro atoms. The van der Waals surface area contributed by atoms with E-state index in [4.69, 9.17) is 9.26 Å². The van der Waals surface area contributed by atoms with Crippen LogP contribution < -0.4 is 10.1 Å². The average molecular weight is 477 g/mol. The summed E-state index contributed by atoms with van der Waals surface area (Å²) in [5.74, 6) is 2.22. The van der Waals surface area contributed by atoms with Crippen molar-refractivity contribution in [3.63, 3.8) is 0 Å². The first-order chi connectivity index (χ1) is 17.0. The molecule has 4 rings (SSSR count). The fraction of sp³-hybridized carbons (Fsp3) is 0.464. The van der Waals surface area contributed by atoms with Crippen LogP contribution in [0, 0.1) is 12.8 Å². The van der Waals surface area contributed by atoms with Crippen LogP contribution >= 0.6 is 0 Å². The van der Waals surface area contributed by atoms with Crippen molar-refractivity contribution >= 4 is 5.91 Å². The summed E-state index contributed by atoms with van der Waals surface area (Å²) in [6.07, 6.45) is 3.87. The first-order valence-electron chi connectivity index (χ1n) is 12.6. The molecule has 1 aliphatic rings. The summed E-state index contributed by atoms with van der Waals surface area (Å²) in [5.41, 5.74) is 3.34. The molecule has 0 saturated carbocycles. The third-order valence-corrected chi connectivity index (χ3v) is 6.19. The molecule has 1 N–H and O–H groups in total. The molecule has 2 heterocycles. The number of nitrogens with zero attached hydrogens (tertiary/aromatic N) is 3. The van der Waals surface area contributed by atoms with Gasteiger partial charge in [0.25, 0.3) is 0 Å². The van der Waals surface area contributed by atoms with Crippen molar-refractivity contribution in [1.82, 2.24) is 20.4 Å². The van der Waals surface area contributed by atoms with Gasteiger partial charge < -0.3 is 14.6 Å². The monoisotopic (exact) mass is 476 g/mol. The van der Waals surface area contributed by atoms with E-state index in [0.29, 0.717) is 31.3 Å². The molecule has 7 nitrogen and oxygen atoms in total. The lowest BCUT2D eigenvalue weighted by Crippen LogP contribution is -2.43. The average Bonchev–Trinajstić information content (AvgIpc) is 3.30. The fourth-order valence-electron chi connectivity index (χ4n) is 4.52. The first-order valence-corrected chi connectivity index (χ1v) is 12.6. The van der Waals surface area contributed by atoms with Gasteiger partial charge in [0.05, 0.1) is 18.6 Å². The molecule has 2 aromatic carbocycles. The second-order valence-electron chi connectivity index (χ2n) is 9.66. The molecule has 7 heteroatoms. The fourth-order valence-corrected chi connectivity index (χ4v) is 4.52. The minimum atomic E-state index is -0.00863. The normalized spacial score (nSPS) is 16.4. The molecular weight excluding hydrogens is 440 g/mol. The van der Waals surface area contributed by atoms with Gasteiger partial charge in [-0.3, -0.25) is 9.69 Å². The van der Waals surface area contributed by atoms with Gasteiger partial charge in [-0.05, 0) is 76.8 Å². The van der Waals surface area contributed by atoms with Crippen LogP contribution in [0.4, 0.5) is 0 Å². The summed E-state index contributed by atoms with van der Waals surface area (Å²) in [6.45, 7) is 8.98. The van der Waals surface area contributed by atoms with E-state index < -0.39 is 0 Å². The van der Waals surface area contributed by atoms with E-state index in [1.54, 1.807) is 0 Å². The molecule has 1 saturated heterocycles. The van der Waals surface area contributed by atoms with Crippen LogP contribution in [0.15, 0.2) is 53.1 Å². The van der Waals surface area contributed by atoms with Crippen LogP contribution in [-0.2, 0) is 17.8 Å². The number of amides is 1. The molecular formula is C28H36N4O3. The van der Waals surface area contributed by atoms with Crippen molar-refractivity contribution in [3.05, 3.63) is 65.5 Å². The quantitative estimate of drug-likeness (QED) is 0.424. The van der Waals surface area contributed by atoms with Crippen molar-refractivity contribution in [3.8, 4) is 17.1 Å². The van der Waals surface area contributed by atoms with E-state index in [2.05, 4.69) is 32.5 Å². The van der Waals surface area contributed by atoms with Gasteiger partial charge >= 0.3 is 0 Å². The molecule has 1 fully saturated rings. The third-order valence-electron chi connectivity index (χ3n) is 6.19. The van der Waals surface area contributed by atoms with Crippen molar-refractivity contribution in [1.29, 1.82) is 0 Å². The predicted molar refractivity (Wildman–Crippen MR) is 136 cm³/mol. The molecule has 3 aromatic rings. The number of aromatic nitrogens is 2. The van der Waals surface area contributed by atoms with Crippen molar-refractivity contribution in [2.75, 3.05) is 19.6 Å². The van der Waals surface area contributed by atoms with Crippen LogP contribution in [0.25, 0.3) is 11.4 Å². The van der Waals surface area contributed by atoms with Crippen molar-refractivity contribution in [2.24, 2.45) is 5.92 Å². The summed E-state index contributed by atoms with van der Waals surface area (Å²) < 4.78 is 11.3. The SMILES string of the molecule is Cc1cccc(-c2noc(CN3CCCC(C(=O)NCCCc4cccc(OC(C)C)c4)C3)n2)c1. The van der Waals surface area contributed by atoms with E-state index >= 15 is 0 Å². The summed E-state index contributed by atoms with van der Waals surface area (Å²) in [6, 6.07) is 16.3. The number of nitrogens with one attached hydrogen (secondary N) is 1. The smallest absolute Gasteiger partial charge is 0.241 e. The zero-order chi connectivity index (χ0) is 24.6. The molecule has 1 aliphatic heterocycles.